The quantitative estimate of drug-likeness (QED) is 0.433. The summed E-state index contributed by atoms with van der Waals surface area (Å²) in [6.45, 7) is 0.263. The maximum Gasteiger partial charge on any atom is 0.163 e. The van der Waals surface area contributed by atoms with Gasteiger partial charge in [0.1, 0.15) is 18.5 Å². The Morgan fingerprint density at radius 2 is 1.85 bits per heavy atom. The fourth-order valence-corrected chi connectivity index (χ4v) is 4.10. The summed E-state index contributed by atoms with van der Waals surface area (Å²) in [4.78, 5) is 6.43. The number of anilines is 2. The van der Waals surface area contributed by atoms with Crippen molar-refractivity contribution < 1.29 is 24.4 Å². The van der Waals surface area contributed by atoms with E-state index in [1.165, 1.54) is 12.8 Å². The summed E-state index contributed by atoms with van der Waals surface area (Å²) >= 11 is 0. The summed E-state index contributed by atoms with van der Waals surface area (Å²) in [7, 11) is 1.66. The van der Waals surface area contributed by atoms with Crippen LogP contribution in [-0.4, -0.2) is 47.7 Å². The molecule has 180 valence electrons. The van der Waals surface area contributed by atoms with Gasteiger partial charge in [-0.05, 0) is 61.6 Å². The van der Waals surface area contributed by atoms with Gasteiger partial charge >= 0.3 is 0 Å². The van der Waals surface area contributed by atoms with Crippen LogP contribution in [0.25, 0.3) is 0 Å². The molecular formula is C27H32N2O5. The highest BCUT2D eigenvalue weighted by molar-refractivity contribution is 5.67. The molecule has 0 spiro atoms. The van der Waals surface area contributed by atoms with Gasteiger partial charge in [-0.25, -0.2) is 0 Å². The number of hydrogen-bond donors (Lipinski definition) is 2. The van der Waals surface area contributed by atoms with Crippen molar-refractivity contribution in [2.75, 3.05) is 25.2 Å². The molecule has 1 heterocycles. The molecule has 1 aliphatic rings. The fourth-order valence-electron chi connectivity index (χ4n) is 4.10. The SMILES string of the molecule is COc1ccc(N(Cc2cccnc2)c2cccc(OCC(O)CO)c2)cc1OC1CCCC1. The van der Waals surface area contributed by atoms with Crippen LogP contribution in [0.2, 0.25) is 0 Å². The molecule has 1 unspecified atom stereocenters. The zero-order valence-corrected chi connectivity index (χ0v) is 19.5. The lowest BCUT2D eigenvalue weighted by Gasteiger charge is -2.27. The van der Waals surface area contributed by atoms with Crippen LogP contribution < -0.4 is 19.1 Å². The molecule has 2 N–H and O–H groups in total. The summed E-state index contributed by atoms with van der Waals surface area (Å²) in [5, 5.41) is 18.7. The molecule has 1 atom stereocenters. The Morgan fingerprint density at radius 3 is 2.59 bits per heavy atom. The summed E-state index contributed by atoms with van der Waals surface area (Å²) < 4.78 is 17.6. The number of rotatable bonds is 11. The number of benzene rings is 2. The van der Waals surface area contributed by atoms with Crippen molar-refractivity contribution >= 4 is 11.4 Å². The summed E-state index contributed by atoms with van der Waals surface area (Å²) in [5.74, 6) is 2.06. The van der Waals surface area contributed by atoms with Crippen LogP contribution in [-0.2, 0) is 6.54 Å². The highest BCUT2D eigenvalue weighted by Crippen LogP contribution is 2.38. The largest absolute Gasteiger partial charge is 0.493 e. The first-order valence-corrected chi connectivity index (χ1v) is 11.7. The molecule has 0 aliphatic heterocycles. The maximum absolute atomic E-state index is 9.65. The van der Waals surface area contributed by atoms with E-state index in [9.17, 15) is 5.11 Å². The third-order valence-corrected chi connectivity index (χ3v) is 5.90. The van der Waals surface area contributed by atoms with Gasteiger partial charge in [-0.1, -0.05) is 12.1 Å². The van der Waals surface area contributed by atoms with Crippen LogP contribution in [0.3, 0.4) is 0 Å². The number of methoxy groups -OCH3 is 1. The van der Waals surface area contributed by atoms with Gasteiger partial charge in [0.2, 0.25) is 0 Å². The smallest absolute Gasteiger partial charge is 0.163 e. The molecule has 1 aromatic heterocycles. The highest BCUT2D eigenvalue weighted by Gasteiger charge is 2.20. The number of nitrogens with zero attached hydrogens (tertiary/aromatic N) is 2. The Labute approximate surface area is 200 Å². The molecule has 2 aromatic carbocycles. The molecule has 0 radical (unpaired) electrons. The van der Waals surface area contributed by atoms with Crippen molar-refractivity contribution in [1.29, 1.82) is 0 Å². The molecule has 0 bridgehead atoms. The highest BCUT2D eigenvalue weighted by atomic mass is 16.5. The normalized spacial score (nSPS) is 14.6. The Kier molecular flexibility index (Phi) is 8.22. The summed E-state index contributed by atoms with van der Waals surface area (Å²) in [5.41, 5.74) is 2.92. The molecule has 7 nitrogen and oxygen atoms in total. The van der Waals surface area contributed by atoms with Gasteiger partial charge in [-0.2, -0.15) is 0 Å². The lowest BCUT2D eigenvalue weighted by atomic mass is 10.1. The van der Waals surface area contributed by atoms with E-state index in [4.69, 9.17) is 19.3 Å². The first-order chi connectivity index (χ1) is 16.7. The second-order valence-corrected chi connectivity index (χ2v) is 8.45. The van der Waals surface area contributed by atoms with E-state index in [-0.39, 0.29) is 19.3 Å². The molecule has 0 amide bonds. The van der Waals surface area contributed by atoms with E-state index < -0.39 is 6.10 Å². The Hall–Kier alpha value is -3.29. The fraction of sp³-hybridized carbons (Fsp3) is 0.370. The van der Waals surface area contributed by atoms with Gasteiger partial charge in [0, 0.05) is 42.4 Å². The summed E-state index contributed by atoms with van der Waals surface area (Å²) in [6.07, 6.45) is 7.41. The minimum atomic E-state index is -0.924. The lowest BCUT2D eigenvalue weighted by molar-refractivity contribution is 0.0536. The average molecular weight is 465 g/mol. The molecule has 0 saturated heterocycles. The van der Waals surface area contributed by atoms with E-state index in [1.807, 2.05) is 60.8 Å². The van der Waals surface area contributed by atoms with E-state index in [0.29, 0.717) is 18.0 Å². The van der Waals surface area contributed by atoms with Gasteiger partial charge < -0.3 is 29.3 Å². The van der Waals surface area contributed by atoms with E-state index in [2.05, 4.69) is 9.88 Å². The van der Waals surface area contributed by atoms with Gasteiger partial charge in [0.15, 0.2) is 11.5 Å². The maximum atomic E-state index is 9.65. The third kappa shape index (κ3) is 6.18. The van der Waals surface area contributed by atoms with Crippen molar-refractivity contribution in [3.05, 3.63) is 72.6 Å². The predicted octanol–water partition coefficient (Wildman–Crippen LogP) is 4.48. The standard InChI is InChI=1S/C27H32N2O5/c1-32-26-12-11-22(15-27(26)34-24-8-2-3-9-24)29(17-20-6-5-13-28-16-20)21-7-4-10-25(14-21)33-19-23(31)18-30/h4-7,10-16,23-24,30-31H,2-3,8-9,17-19H2,1H3. The minimum Gasteiger partial charge on any atom is -0.493 e. The number of aromatic nitrogens is 1. The first-order valence-electron chi connectivity index (χ1n) is 11.7. The molecule has 3 aromatic rings. The molecular weight excluding hydrogens is 432 g/mol. The van der Waals surface area contributed by atoms with Gasteiger partial charge in [0.25, 0.3) is 0 Å². The minimum absolute atomic E-state index is 0.0183. The second kappa shape index (κ2) is 11.7. The van der Waals surface area contributed by atoms with Crippen LogP contribution in [0.5, 0.6) is 17.2 Å². The van der Waals surface area contributed by atoms with Crippen LogP contribution in [0, 0.1) is 0 Å². The number of ether oxygens (including phenoxy) is 3. The number of aliphatic hydroxyl groups excluding tert-OH is 2. The molecule has 1 saturated carbocycles. The van der Waals surface area contributed by atoms with Crippen molar-refractivity contribution in [2.24, 2.45) is 0 Å². The zero-order valence-electron chi connectivity index (χ0n) is 19.5. The van der Waals surface area contributed by atoms with Crippen molar-refractivity contribution in [3.63, 3.8) is 0 Å². The molecule has 1 aliphatic carbocycles. The van der Waals surface area contributed by atoms with Gasteiger partial charge in [-0.15, -0.1) is 0 Å². The van der Waals surface area contributed by atoms with Crippen molar-refractivity contribution in [3.8, 4) is 17.2 Å². The Bertz CT molecular complexity index is 1040. The van der Waals surface area contributed by atoms with Crippen molar-refractivity contribution in [2.45, 2.75) is 44.4 Å². The third-order valence-electron chi connectivity index (χ3n) is 5.90. The predicted molar refractivity (Wildman–Crippen MR) is 131 cm³/mol. The number of pyridine rings is 1. The van der Waals surface area contributed by atoms with Crippen LogP contribution in [0.15, 0.2) is 67.0 Å². The molecule has 4 rings (SSSR count). The number of aliphatic hydroxyl groups is 2. The summed E-state index contributed by atoms with van der Waals surface area (Å²) in [6, 6.07) is 17.6. The second-order valence-electron chi connectivity index (χ2n) is 8.45. The zero-order chi connectivity index (χ0) is 23.8. The van der Waals surface area contributed by atoms with Crippen LogP contribution in [0.4, 0.5) is 11.4 Å². The van der Waals surface area contributed by atoms with Crippen LogP contribution >= 0.6 is 0 Å². The van der Waals surface area contributed by atoms with E-state index in [1.54, 1.807) is 13.3 Å². The first kappa shape index (κ1) is 23.9. The molecule has 1 fully saturated rings. The average Bonchev–Trinajstić information content (AvgIpc) is 3.39. The van der Waals surface area contributed by atoms with E-state index >= 15 is 0 Å². The van der Waals surface area contributed by atoms with E-state index in [0.717, 1.165) is 35.5 Å². The monoisotopic (exact) mass is 464 g/mol. The van der Waals surface area contributed by atoms with Gasteiger partial charge in [-0.3, -0.25) is 4.98 Å². The topological polar surface area (TPSA) is 84.3 Å². The Morgan fingerprint density at radius 1 is 1.03 bits per heavy atom. The molecule has 7 heteroatoms. The number of hydrogen-bond acceptors (Lipinski definition) is 7. The van der Waals surface area contributed by atoms with Crippen LogP contribution in [0.1, 0.15) is 31.2 Å². The molecule has 34 heavy (non-hydrogen) atoms. The lowest BCUT2D eigenvalue weighted by Crippen LogP contribution is -2.21. The van der Waals surface area contributed by atoms with Gasteiger partial charge in [0.05, 0.1) is 19.8 Å². The Balaban J connectivity index is 1.66. The van der Waals surface area contributed by atoms with Crippen molar-refractivity contribution in [1.82, 2.24) is 4.98 Å².